The summed E-state index contributed by atoms with van der Waals surface area (Å²) in [6, 6.07) is 2.90. The summed E-state index contributed by atoms with van der Waals surface area (Å²) < 4.78 is 6.12. The Labute approximate surface area is 198 Å². The predicted molar refractivity (Wildman–Crippen MR) is 123 cm³/mol. The lowest BCUT2D eigenvalue weighted by molar-refractivity contribution is -0.822. The number of quaternary nitrogens is 1. The molecule has 5 fully saturated rings. The summed E-state index contributed by atoms with van der Waals surface area (Å²) in [6.07, 6.45) is 5.86. The Morgan fingerprint density at radius 3 is 2.76 bits per heavy atom. The summed E-state index contributed by atoms with van der Waals surface area (Å²) in [4.78, 5) is 29.1. The molecule has 2 amide bonds. The number of nitrogens with zero attached hydrogens (tertiary/aromatic N) is 1. The first-order valence-electron chi connectivity index (χ1n) is 12.3. The van der Waals surface area contributed by atoms with Crippen LogP contribution in [0, 0.1) is 16.5 Å². The molecular formula is C26H31N3O5. The van der Waals surface area contributed by atoms with Crippen molar-refractivity contribution in [3.05, 3.63) is 34.5 Å². The Balaban J connectivity index is 1.43. The van der Waals surface area contributed by atoms with Crippen molar-refractivity contribution < 1.29 is 24.5 Å². The number of rotatable bonds is 0. The normalized spacial score (nSPS) is 43.9. The number of amides is 2. The van der Waals surface area contributed by atoms with Gasteiger partial charge in [0.15, 0.2) is 5.60 Å². The van der Waals surface area contributed by atoms with Crippen molar-refractivity contribution in [2.24, 2.45) is 11.3 Å². The van der Waals surface area contributed by atoms with E-state index in [4.69, 9.17) is 4.74 Å². The molecule has 1 aromatic carbocycles. The van der Waals surface area contributed by atoms with E-state index in [0.29, 0.717) is 42.0 Å². The van der Waals surface area contributed by atoms with Crippen molar-refractivity contribution in [3.8, 4) is 5.75 Å². The highest BCUT2D eigenvalue weighted by Gasteiger charge is 2.79. The molecule has 8 heteroatoms. The van der Waals surface area contributed by atoms with Crippen molar-refractivity contribution in [3.63, 3.8) is 0 Å². The molecular weight excluding hydrogens is 434 g/mol. The first kappa shape index (κ1) is 20.9. The molecule has 34 heavy (non-hydrogen) atoms. The van der Waals surface area contributed by atoms with Gasteiger partial charge in [0, 0.05) is 24.3 Å². The van der Waals surface area contributed by atoms with Crippen molar-refractivity contribution in [2.45, 2.75) is 81.7 Å². The van der Waals surface area contributed by atoms with Gasteiger partial charge >= 0.3 is 0 Å². The highest BCUT2D eigenvalue weighted by atomic mass is 16.5. The fraction of sp³-hybridized carbons (Fsp3) is 0.615. The van der Waals surface area contributed by atoms with Crippen LogP contribution in [-0.4, -0.2) is 51.1 Å². The van der Waals surface area contributed by atoms with Gasteiger partial charge in [0.25, 0.3) is 0 Å². The molecule has 2 spiro atoms. The van der Waals surface area contributed by atoms with Gasteiger partial charge in [-0.15, -0.1) is 0 Å². The first-order chi connectivity index (χ1) is 15.9. The third-order valence-electron chi connectivity index (χ3n) is 9.88. The van der Waals surface area contributed by atoms with Gasteiger partial charge in [0.1, 0.15) is 34.2 Å². The van der Waals surface area contributed by atoms with Crippen LogP contribution in [0.1, 0.15) is 64.5 Å². The van der Waals surface area contributed by atoms with Crippen molar-refractivity contribution in [1.82, 2.24) is 10.2 Å². The quantitative estimate of drug-likeness (QED) is 0.498. The van der Waals surface area contributed by atoms with Crippen molar-refractivity contribution >= 4 is 23.6 Å². The van der Waals surface area contributed by atoms with E-state index >= 15 is 0 Å². The Morgan fingerprint density at radius 2 is 2.00 bits per heavy atom. The summed E-state index contributed by atoms with van der Waals surface area (Å²) in [5, 5.41) is 29.5. The van der Waals surface area contributed by atoms with Crippen LogP contribution in [0.2, 0.25) is 0 Å². The number of benzene rings is 1. The number of hydrogen-bond donors (Lipinski definition) is 3. The number of ether oxygens (including phenoxy) is 1. The molecule has 8 nitrogen and oxygen atoms in total. The van der Waals surface area contributed by atoms with Crippen LogP contribution in [0.3, 0.4) is 0 Å². The monoisotopic (exact) mass is 465 g/mol. The average Bonchev–Trinajstić information content (AvgIpc) is 3.27. The highest BCUT2D eigenvalue weighted by Crippen LogP contribution is 2.64. The summed E-state index contributed by atoms with van der Waals surface area (Å²) in [7, 11) is 0. The minimum atomic E-state index is -1.55. The van der Waals surface area contributed by atoms with Gasteiger partial charge in [0.05, 0.1) is 11.1 Å². The maximum atomic E-state index is 14.1. The fourth-order valence-electron chi connectivity index (χ4n) is 8.59. The number of piperazine rings is 1. The topological polar surface area (TPSA) is 106 Å². The van der Waals surface area contributed by atoms with E-state index in [-0.39, 0.29) is 29.2 Å². The number of hydroxylamine groups is 1. The van der Waals surface area contributed by atoms with Crippen LogP contribution in [0.5, 0.6) is 5.75 Å². The molecule has 6 aliphatic heterocycles. The van der Waals surface area contributed by atoms with E-state index in [2.05, 4.69) is 5.32 Å². The number of fused-ring (bicyclic) bond motifs is 6. The number of hydrogen-bond acceptors (Lipinski definition) is 5. The second-order valence-corrected chi connectivity index (χ2v) is 12.4. The number of carbonyl (C=O) groups excluding carboxylic acids is 2. The highest BCUT2D eigenvalue weighted by molar-refractivity contribution is 6.05. The molecule has 180 valence electrons. The number of nitrogens with one attached hydrogen (secondary N) is 2. The van der Waals surface area contributed by atoms with E-state index in [1.807, 2.05) is 45.9 Å². The van der Waals surface area contributed by atoms with Crippen LogP contribution in [0.15, 0.2) is 18.2 Å². The van der Waals surface area contributed by atoms with Gasteiger partial charge in [-0.1, -0.05) is 13.8 Å². The summed E-state index contributed by atoms with van der Waals surface area (Å²) in [5.41, 5.74) is -3.04. The number of piperidine rings is 2. The van der Waals surface area contributed by atoms with Gasteiger partial charge in [0.2, 0.25) is 11.8 Å². The van der Waals surface area contributed by atoms with Crippen LogP contribution in [-0.2, 0) is 15.2 Å². The second kappa shape index (κ2) is 5.69. The van der Waals surface area contributed by atoms with Gasteiger partial charge < -0.3 is 30.3 Å². The number of carbonyl (C=O) groups is 2. The Hall–Kier alpha value is -2.42. The van der Waals surface area contributed by atoms with E-state index in [1.165, 1.54) is 0 Å². The lowest BCUT2D eigenvalue weighted by atomic mass is 9.46. The Bertz CT molecular complexity index is 1220. The summed E-state index contributed by atoms with van der Waals surface area (Å²) in [5.74, 6) is 0.196. The molecule has 6 atom stereocenters. The zero-order chi connectivity index (χ0) is 24.1. The molecule has 1 saturated carbocycles. The minimum absolute atomic E-state index is 0.0174. The molecule has 1 aromatic rings. The molecule has 2 unspecified atom stereocenters. The molecule has 6 heterocycles. The fourth-order valence-corrected chi connectivity index (χ4v) is 8.59. The molecule has 0 aromatic heterocycles. The molecule has 3 N–H and O–H groups in total. The average molecular weight is 466 g/mol. The van der Waals surface area contributed by atoms with E-state index in [0.717, 1.165) is 6.42 Å². The Morgan fingerprint density at radius 1 is 1.24 bits per heavy atom. The SMILES string of the molecule is CC1(C)C=Cc2c(ccc3c2[NH+]([O-])C2C(C)(C)[C@H]4C[C@]56CCCN5C(=O)[C@@]4(C[C@]32O)NC6=O)O1. The zero-order valence-corrected chi connectivity index (χ0v) is 20.0. The van der Waals surface area contributed by atoms with Crippen LogP contribution >= 0.6 is 0 Å². The third kappa shape index (κ3) is 2.05. The smallest absolute Gasteiger partial charge is 0.249 e. The maximum absolute atomic E-state index is 14.1. The van der Waals surface area contributed by atoms with E-state index in [9.17, 15) is 19.9 Å². The van der Waals surface area contributed by atoms with Gasteiger partial charge in [-0.25, -0.2) is 0 Å². The minimum Gasteiger partial charge on any atom is -0.629 e. The van der Waals surface area contributed by atoms with Gasteiger partial charge in [-0.3, -0.25) is 9.59 Å². The van der Waals surface area contributed by atoms with Crippen molar-refractivity contribution in [2.75, 3.05) is 6.54 Å². The van der Waals surface area contributed by atoms with Crippen LogP contribution < -0.4 is 15.1 Å². The van der Waals surface area contributed by atoms with Crippen LogP contribution in [0.4, 0.5) is 5.69 Å². The molecule has 7 aliphatic rings. The summed E-state index contributed by atoms with van der Waals surface area (Å²) in [6.45, 7) is 8.48. The molecule has 1 aliphatic carbocycles. The van der Waals surface area contributed by atoms with E-state index in [1.54, 1.807) is 11.0 Å². The third-order valence-corrected chi connectivity index (χ3v) is 9.88. The first-order valence-corrected chi connectivity index (χ1v) is 12.3. The Kier molecular flexibility index (Phi) is 3.50. The van der Waals surface area contributed by atoms with Gasteiger partial charge in [-0.05, 0) is 57.4 Å². The molecule has 4 saturated heterocycles. The lowest BCUT2D eigenvalue weighted by Crippen LogP contribution is -3.10. The van der Waals surface area contributed by atoms with Crippen molar-refractivity contribution in [1.29, 1.82) is 0 Å². The number of aliphatic hydroxyl groups is 1. The largest absolute Gasteiger partial charge is 0.629 e. The van der Waals surface area contributed by atoms with Gasteiger partial charge in [-0.2, -0.15) is 0 Å². The maximum Gasteiger partial charge on any atom is 0.249 e. The van der Waals surface area contributed by atoms with E-state index < -0.39 is 33.7 Å². The predicted octanol–water partition coefficient (Wildman–Crippen LogP) is 1.13. The molecule has 2 bridgehead atoms. The standard InChI is InChI=1S/C26H31N3O5/c1-22(2)10-8-14-16(34-22)7-6-15-18(14)29(33)19-23(3,4)17-12-24-9-5-11-28(24)21(31)25(17,27-20(24)30)13-26(15,19)32/h6-8,10,17,19,29,32H,5,9,11-13H2,1-4H3,(H,27,30)/t17-,19?,24+,25+,26+/m1/s1. The molecule has 0 radical (unpaired) electrons. The summed E-state index contributed by atoms with van der Waals surface area (Å²) >= 11 is 0. The second-order valence-electron chi connectivity index (χ2n) is 12.4. The van der Waals surface area contributed by atoms with Crippen LogP contribution in [0.25, 0.3) is 6.08 Å². The zero-order valence-electron chi connectivity index (χ0n) is 20.0. The lowest BCUT2D eigenvalue weighted by Gasteiger charge is -2.67. The molecule has 8 rings (SSSR count).